The van der Waals surface area contributed by atoms with Crippen LogP contribution in [-0.2, 0) is 0 Å². The monoisotopic (exact) mass is 499 g/mol. The SMILES string of the molecule is CCN1CCCC1CNc1nc(NC2=CC=CCC2=S)nc(N(C)c2ccc(OC)c(Cl)c2)n1. The van der Waals surface area contributed by atoms with Gasteiger partial charge in [0.1, 0.15) is 5.75 Å². The lowest BCUT2D eigenvalue weighted by atomic mass is 10.1. The molecule has 180 valence electrons. The minimum Gasteiger partial charge on any atom is -0.495 e. The highest BCUT2D eigenvalue weighted by atomic mass is 35.5. The number of thiocarbonyl (C=S) groups is 1. The number of allylic oxidation sites excluding steroid dienone is 4. The third-order valence-electron chi connectivity index (χ3n) is 6.10. The summed E-state index contributed by atoms with van der Waals surface area (Å²) < 4.78 is 5.28. The van der Waals surface area contributed by atoms with E-state index >= 15 is 0 Å². The number of likely N-dealkylation sites (tertiary alicyclic amines) is 1. The van der Waals surface area contributed by atoms with E-state index in [0.29, 0.717) is 34.7 Å². The van der Waals surface area contributed by atoms with Crippen LogP contribution in [-0.4, -0.2) is 64.5 Å². The van der Waals surface area contributed by atoms with E-state index in [1.54, 1.807) is 7.11 Å². The molecule has 1 aromatic heterocycles. The molecule has 1 saturated heterocycles. The van der Waals surface area contributed by atoms with Crippen LogP contribution in [0.25, 0.3) is 0 Å². The highest BCUT2D eigenvalue weighted by molar-refractivity contribution is 7.80. The zero-order valence-electron chi connectivity index (χ0n) is 19.7. The lowest BCUT2D eigenvalue weighted by Gasteiger charge is -2.24. The van der Waals surface area contributed by atoms with E-state index in [9.17, 15) is 0 Å². The van der Waals surface area contributed by atoms with Crippen molar-refractivity contribution in [3.63, 3.8) is 0 Å². The Hall–Kier alpha value is -2.75. The van der Waals surface area contributed by atoms with Gasteiger partial charge in [-0.1, -0.05) is 42.9 Å². The number of rotatable bonds is 9. The Labute approximate surface area is 211 Å². The molecule has 1 unspecified atom stereocenters. The lowest BCUT2D eigenvalue weighted by Crippen LogP contribution is -2.35. The molecule has 2 N–H and O–H groups in total. The van der Waals surface area contributed by atoms with Crippen molar-refractivity contribution in [1.29, 1.82) is 0 Å². The fourth-order valence-electron chi connectivity index (χ4n) is 4.15. The normalized spacial score (nSPS) is 18.1. The molecule has 0 spiro atoms. The van der Waals surface area contributed by atoms with Crippen molar-refractivity contribution >= 4 is 52.2 Å². The van der Waals surface area contributed by atoms with Crippen LogP contribution in [0, 0.1) is 0 Å². The average molecular weight is 500 g/mol. The van der Waals surface area contributed by atoms with Crippen molar-refractivity contribution in [3.8, 4) is 5.75 Å². The lowest BCUT2D eigenvalue weighted by molar-refractivity contribution is 0.277. The first-order chi connectivity index (χ1) is 16.5. The summed E-state index contributed by atoms with van der Waals surface area (Å²) in [5.41, 5.74) is 1.65. The summed E-state index contributed by atoms with van der Waals surface area (Å²) in [4.78, 5) is 19.2. The first-order valence-corrected chi connectivity index (χ1v) is 12.3. The van der Waals surface area contributed by atoms with Gasteiger partial charge in [0.05, 0.1) is 17.8 Å². The maximum atomic E-state index is 6.36. The number of anilines is 4. The number of methoxy groups -OCH3 is 1. The highest BCUT2D eigenvalue weighted by Crippen LogP contribution is 2.31. The number of likely N-dealkylation sites (N-methyl/N-ethyl adjacent to an activating group) is 1. The van der Waals surface area contributed by atoms with E-state index in [1.807, 2.05) is 48.4 Å². The Balaban J connectivity index is 1.61. The third kappa shape index (κ3) is 5.65. The number of aromatic nitrogens is 3. The van der Waals surface area contributed by atoms with Crippen LogP contribution in [0.1, 0.15) is 26.2 Å². The summed E-state index contributed by atoms with van der Waals surface area (Å²) in [5.74, 6) is 2.04. The standard InChI is InChI=1S/C24H30ClN7OS/c1-4-32-13-7-8-17(32)15-26-22-28-23(27-19-9-5-6-10-21(19)34)30-24(29-22)31(2)16-11-12-20(33-3)18(25)14-16/h5-6,9,11-12,14,17H,4,7-8,10,13,15H2,1-3H3,(H2,26,27,28,29,30). The van der Waals surface area contributed by atoms with E-state index in [0.717, 1.165) is 42.3 Å². The van der Waals surface area contributed by atoms with Crippen LogP contribution in [0.15, 0.2) is 42.1 Å². The molecule has 2 heterocycles. The molecule has 4 rings (SSSR count). The Morgan fingerprint density at radius 3 is 2.82 bits per heavy atom. The van der Waals surface area contributed by atoms with Gasteiger partial charge in [-0.3, -0.25) is 4.90 Å². The molecule has 0 bridgehead atoms. The molecule has 2 aromatic rings. The summed E-state index contributed by atoms with van der Waals surface area (Å²) in [5, 5.41) is 7.23. The number of benzene rings is 1. The van der Waals surface area contributed by atoms with E-state index < -0.39 is 0 Å². The van der Waals surface area contributed by atoms with Gasteiger partial charge in [-0.15, -0.1) is 0 Å². The van der Waals surface area contributed by atoms with Crippen LogP contribution >= 0.6 is 23.8 Å². The Bertz CT molecular complexity index is 1110. The highest BCUT2D eigenvalue weighted by Gasteiger charge is 2.23. The first kappa shape index (κ1) is 24.4. The molecular weight excluding hydrogens is 470 g/mol. The van der Waals surface area contributed by atoms with Gasteiger partial charge in [-0.05, 0) is 50.2 Å². The number of ether oxygens (including phenoxy) is 1. The van der Waals surface area contributed by atoms with E-state index in [2.05, 4.69) is 32.4 Å². The Morgan fingerprint density at radius 2 is 2.09 bits per heavy atom. The van der Waals surface area contributed by atoms with Gasteiger partial charge in [0, 0.05) is 36.6 Å². The summed E-state index contributed by atoms with van der Waals surface area (Å²) in [7, 11) is 3.49. The third-order valence-corrected chi connectivity index (χ3v) is 6.78. The predicted octanol–water partition coefficient (Wildman–Crippen LogP) is 4.82. The molecule has 0 saturated carbocycles. The minimum atomic E-state index is 0.432. The molecule has 10 heteroatoms. The number of halogens is 1. The fourth-order valence-corrected chi connectivity index (χ4v) is 4.62. The topological polar surface area (TPSA) is 78.4 Å². The van der Waals surface area contributed by atoms with Gasteiger partial charge in [-0.2, -0.15) is 15.0 Å². The van der Waals surface area contributed by atoms with Crippen molar-refractivity contribution < 1.29 is 4.74 Å². The molecule has 2 aliphatic rings. The van der Waals surface area contributed by atoms with Crippen molar-refractivity contribution in [3.05, 3.63) is 47.1 Å². The smallest absolute Gasteiger partial charge is 0.236 e. The molecule has 1 fully saturated rings. The Morgan fingerprint density at radius 1 is 1.26 bits per heavy atom. The van der Waals surface area contributed by atoms with Crippen molar-refractivity contribution in [2.24, 2.45) is 0 Å². The second kappa shape index (κ2) is 11.1. The average Bonchev–Trinajstić information content (AvgIpc) is 3.31. The molecule has 0 amide bonds. The quantitative estimate of drug-likeness (QED) is 0.472. The predicted molar refractivity (Wildman–Crippen MR) is 143 cm³/mol. The summed E-state index contributed by atoms with van der Waals surface area (Å²) >= 11 is 11.9. The van der Waals surface area contributed by atoms with Crippen LogP contribution in [0.5, 0.6) is 5.75 Å². The van der Waals surface area contributed by atoms with Crippen molar-refractivity contribution in [2.45, 2.75) is 32.2 Å². The van der Waals surface area contributed by atoms with E-state index in [1.165, 1.54) is 12.8 Å². The zero-order chi connectivity index (χ0) is 24.1. The largest absolute Gasteiger partial charge is 0.495 e. The van der Waals surface area contributed by atoms with Crippen molar-refractivity contribution in [1.82, 2.24) is 19.9 Å². The maximum absolute atomic E-state index is 6.36. The summed E-state index contributed by atoms with van der Waals surface area (Å²) in [6.45, 7) is 5.16. The van der Waals surface area contributed by atoms with Gasteiger partial charge in [-0.25, -0.2) is 0 Å². The first-order valence-electron chi connectivity index (χ1n) is 11.5. The molecule has 1 aromatic carbocycles. The van der Waals surface area contributed by atoms with E-state index in [-0.39, 0.29) is 0 Å². The second-order valence-electron chi connectivity index (χ2n) is 8.23. The van der Waals surface area contributed by atoms with Gasteiger partial charge in [0.2, 0.25) is 17.8 Å². The number of hydrogen-bond donors (Lipinski definition) is 2. The molecule has 1 aliphatic heterocycles. The molecule has 8 nitrogen and oxygen atoms in total. The van der Waals surface area contributed by atoms with Gasteiger partial charge < -0.3 is 20.3 Å². The fraction of sp³-hybridized carbons (Fsp3) is 0.417. The van der Waals surface area contributed by atoms with Crippen molar-refractivity contribution in [2.75, 3.05) is 49.3 Å². The molecule has 1 atom stereocenters. The van der Waals surface area contributed by atoms with Gasteiger partial charge in [0.25, 0.3) is 0 Å². The molecule has 34 heavy (non-hydrogen) atoms. The zero-order valence-corrected chi connectivity index (χ0v) is 21.3. The van der Waals surface area contributed by atoms with Crippen LogP contribution < -0.4 is 20.3 Å². The maximum Gasteiger partial charge on any atom is 0.236 e. The number of hydrogen-bond acceptors (Lipinski definition) is 9. The number of nitrogens with zero attached hydrogens (tertiary/aromatic N) is 5. The van der Waals surface area contributed by atoms with Crippen LogP contribution in [0.2, 0.25) is 5.02 Å². The molecule has 1 aliphatic carbocycles. The molecular formula is C24H30ClN7OS. The van der Waals surface area contributed by atoms with Gasteiger partial charge in [0.15, 0.2) is 0 Å². The Kier molecular flexibility index (Phi) is 7.97. The van der Waals surface area contributed by atoms with Crippen LogP contribution in [0.4, 0.5) is 23.5 Å². The van der Waals surface area contributed by atoms with Crippen LogP contribution in [0.3, 0.4) is 0 Å². The molecule has 0 radical (unpaired) electrons. The minimum absolute atomic E-state index is 0.432. The number of nitrogens with one attached hydrogen (secondary N) is 2. The second-order valence-corrected chi connectivity index (χ2v) is 9.13. The summed E-state index contributed by atoms with van der Waals surface area (Å²) in [6.07, 6.45) is 9.05. The summed E-state index contributed by atoms with van der Waals surface area (Å²) in [6, 6.07) is 6.03. The van der Waals surface area contributed by atoms with E-state index in [4.69, 9.17) is 33.5 Å². The van der Waals surface area contributed by atoms with Gasteiger partial charge >= 0.3 is 0 Å².